The summed E-state index contributed by atoms with van der Waals surface area (Å²) in [4.78, 5) is 0. The number of aliphatic hydroxyl groups is 1. The van der Waals surface area contributed by atoms with E-state index in [1.54, 1.807) is 13.2 Å². The summed E-state index contributed by atoms with van der Waals surface area (Å²) in [6, 6.07) is 0. The van der Waals surface area contributed by atoms with E-state index < -0.39 is 0 Å². The molecular formula is C8H16O2. The predicted molar refractivity (Wildman–Crippen MR) is 41.9 cm³/mol. The average Bonchev–Trinajstić information content (AvgIpc) is 1.89. The molecule has 0 saturated carbocycles. The third kappa shape index (κ3) is 3.64. The van der Waals surface area contributed by atoms with Gasteiger partial charge in [0.1, 0.15) is 0 Å². The third-order valence-electron chi connectivity index (χ3n) is 1.40. The molecule has 2 heteroatoms. The van der Waals surface area contributed by atoms with Crippen molar-refractivity contribution in [2.45, 2.75) is 20.0 Å². The summed E-state index contributed by atoms with van der Waals surface area (Å²) >= 11 is 0. The fourth-order valence-electron chi connectivity index (χ4n) is 0.748. The van der Waals surface area contributed by atoms with Gasteiger partial charge in [-0.2, -0.15) is 0 Å². The number of hydrogen-bond acceptors (Lipinski definition) is 2. The molecule has 0 unspecified atom stereocenters. The monoisotopic (exact) mass is 144 g/mol. The summed E-state index contributed by atoms with van der Waals surface area (Å²) in [7, 11) is 1.64. The van der Waals surface area contributed by atoms with Crippen LogP contribution in [0, 0.1) is 5.92 Å². The van der Waals surface area contributed by atoms with Crippen molar-refractivity contribution < 1.29 is 9.84 Å². The van der Waals surface area contributed by atoms with Crippen LogP contribution in [0.5, 0.6) is 0 Å². The van der Waals surface area contributed by atoms with Gasteiger partial charge in [0.2, 0.25) is 0 Å². The predicted octanol–water partition coefficient (Wildman–Crippen LogP) is 1.21. The number of hydrogen-bond donors (Lipinski definition) is 1. The molecule has 0 radical (unpaired) electrons. The smallest absolute Gasteiger partial charge is 0.0768 e. The van der Waals surface area contributed by atoms with Gasteiger partial charge in [0.25, 0.3) is 0 Å². The minimum absolute atomic E-state index is 0.182. The van der Waals surface area contributed by atoms with E-state index in [0.717, 1.165) is 0 Å². The quantitative estimate of drug-likeness (QED) is 0.601. The maximum Gasteiger partial charge on any atom is 0.0768 e. The molecule has 1 N–H and O–H groups in total. The van der Waals surface area contributed by atoms with Crippen molar-refractivity contribution in [1.82, 2.24) is 0 Å². The van der Waals surface area contributed by atoms with E-state index in [0.29, 0.717) is 6.61 Å². The van der Waals surface area contributed by atoms with Gasteiger partial charge >= 0.3 is 0 Å². The summed E-state index contributed by atoms with van der Waals surface area (Å²) in [6.45, 7) is 4.45. The molecule has 0 amide bonds. The zero-order valence-corrected chi connectivity index (χ0v) is 6.87. The first kappa shape index (κ1) is 9.66. The molecule has 10 heavy (non-hydrogen) atoms. The van der Waals surface area contributed by atoms with Gasteiger partial charge in [0.05, 0.1) is 12.7 Å². The Balaban J connectivity index is 3.58. The van der Waals surface area contributed by atoms with Crippen molar-refractivity contribution in [1.29, 1.82) is 0 Å². The van der Waals surface area contributed by atoms with Gasteiger partial charge in [-0.25, -0.2) is 0 Å². The summed E-state index contributed by atoms with van der Waals surface area (Å²) in [5.41, 5.74) is 0. The van der Waals surface area contributed by atoms with Crippen molar-refractivity contribution in [2.75, 3.05) is 13.7 Å². The molecule has 0 heterocycles. The molecule has 0 aliphatic heterocycles. The number of allylic oxidation sites excluding steroid dienone is 1. The van der Waals surface area contributed by atoms with Crippen LogP contribution in [0.2, 0.25) is 0 Å². The number of aliphatic hydroxyl groups excluding tert-OH is 1. The fourth-order valence-corrected chi connectivity index (χ4v) is 0.748. The van der Waals surface area contributed by atoms with Gasteiger partial charge in [-0.05, 0) is 6.92 Å². The van der Waals surface area contributed by atoms with Gasteiger partial charge in [-0.15, -0.1) is 0 Å². The molecule has 0 bridgehead atoms. The first-order valence-electron chi connectivity index (χ1n) is 3.52. The second-order valence-corrected chi connectivity index (χ2v) is 2.45. The molecule has 60 valence electrons. The van der Waals surface area contributed by atoms with Crippen LogP contribution >= 0.6 is 0 Å². The molecule has 0 fully saturated rings. The molecular weight excluding hydrogens is 128 g/mol. The zero-order chi connectivity index (χ0) is 7.98. The molecule has 0 rings (SSSR count). The second kappa shape index (κ2) is 5.45. The fraction of sp³-hybridized carbons (Fsp3) is 0.750. The Morgan fingerprint density at radius 1 is 1.60 bits per heavy atom. The molecule has 0 aromatic heterocycles. The van der Waals surface area contributed by atoms with E-state index in [2.05, 4.69) is 0 Å². The molecule has 0 aliphatic carbocycles. The van der Waals surface area contributed by atoms with Crippen molar-refractivity contribution in [3.63, 3.8) is 0 Å². The van der Waals surface area contributed by atoms with Crippen LogP contribution in [0.25, 0.3) is 0 Å². The lowest BCUT2D eigenvalue weighted by molar-refractivity contribution is 0.0838. The second-order valence-electron chi connectivity index (χ2n) is 2.45. The van der Waals surface area contributed by atoms with Gasteiger partial charge < -0.3 is 9.84 Å². The third-order valence-corrected chi connectivity index (χ3v) is 1.40. The van der Waals surface area contributed by atoms with Gasteiger partial charge in [-0.3, -0.25) is 0 Å². The minimum atomic E-state index is -0.370. The van der Waals surface area contributed by atoms with Crippen molar-refractivity contribution in [3.05, 3.63) is 12.2 Å². The molecule has 2 atom stereocenters. The summed E-state index contributed by atoms with van der Waals surface area (Å²) < 4.78 is 4.88. The number of rotatable bonds is 4. The Hall–Kier alpha value is -0.340. The first-order chi connectivity index (χ1) is 4.72. The van der Waals surface area contributed by atoms with Crippen LogP contribution in [0.4, 0.5) is 0 Å². The molecule has 0 aromatic rings. The first-order valence-corrected chi connectivity index (χ1v) is 3.52. The maximum absolute atomic E-state index is 9.28. The summed E-state index contributed by atoms with van der Waals surface area (Å²) in [5, 5.41) is 9.28. The topological polar surface area (TPSA) is 29.5 Å². The van der Waals surface area contributed by atoms with Crippen LogP contribution in [0.1, 0.15) is 13.8 Å². The lowest BCUT2D eigenvalue weighted by Gasteiger charge is -2.13. The molecule has 0 aromatic carbocycles. The zero-order valence-electron chi connectivity index (χ0n) is 6.87. The van der Waals surface area contributed by atoms with Crippen LogP contribution in [-0.2, 0) is 4.74 Å². The highest BCUT2D eigenvalue weighted by atomic mass is 16.5. The Morgan fingerprint density at radius 2 is 2.20 bits per heavy atom. The lowest BCUT2D eigenvalue weighted by atomic mass is 10.1. The van der Waals surface area contributed by atoms with E-state index in [-0.39, 0.29) is 12.0 Å². The Kier molecular flexibility index (Phi) is 5.26. The Morgan fingerprint density at radius 3 is 2.60 bits per heavy atom. The van der Waals surface area contributed by atoms with Gasteiger partial charge in [0.15, 0.2) is 0 Å². The maximum atomic E-state index is 9.28. The normalized spacial score (nSPS) is 17.6. The SMILES string of the molecule is C/C=C/[C@@H](O)[C@@H](C)COC. The summed E-state index contributed by atoms with van der Waals surface area (Å²) in [5.74, 6) is 0.182. The van der Waals surface area contributed by atoms with Crippen LogP contribution in [-0.4, -0.2) is 24.9 Å². The van der Waals surface area contributed by atoms with E-state index in [1.807, 2.05) is 19.9 Å². The standard InChI is InChI=1S/C8H16O2/c1-4-5-8(9)7(2)6-10-3/h4-5,7-9H,6H2,1-3H3/b5-4+/t7-,8+/m0/s1. The van der Waals surface area contributed by atoms with Crippen LogP contribution in [0.15, 0.2) is 12.2 Å². The van der Waals surface area contributed by atoms with Crippen LogP contribution < -0.4 is 0 Å². The lowest BCUT2D eigenvalue weighted by Crippen LogP contribution is -2.19. The highest BCUT2D eigenvalue weighted by Gasteiger charge is 2.08. The highest BCUT2D eigenvalue weighted by molar-refractivity contribution is 4.88. The molecule has 0 aliphatic rings. The van der Waals surface area contributed by atoms with Crippen molar-refractivity contribution in [2.24, 2.45) is 5.92 Å². The van der Waals surface area contributed by atoms with Crippen molar-refractivity contribution >= 4 is 0 Å². The number of methoxy groups -OCH3 is 1. The molecule has 0 spiro atoms. The van der Waals surface area contributed by atoms with Gasteiger partial charge in [-0.1, -0.05) is 19.1 Å². The molecule has 2 nitrogen and oxygen atoms in total. The van der Waals surface area contributed by atoms with Gasteiger partial charge in [0, 0.05) is 13.0 Å². The number of ether oxygens (including phenoxy) is 1. The summed E-state index contributed by atoms with van der Waals surface area (Å²) in [6.07, 6.45) is 3.24. The molecule has 0 saturated heterocycles. The van der Waals surface area contributed by atoms with E-state index in [9.17, 15) is 5.11 Å². The Labute approximate surface area is 62.5 Å². The van der Waals surface area contributed by atoms with E-state index >= 15 is 0 Å². The van der Waals surface area contributed by atoms with Crippen LogP contribution in [0.3, 0.4) is 0 Å². The Bertz CT molecular complexity index is 99.4. The van der Waals surface area contributed by atoms with E-state index in [4.69, 9.17) is 4.74 Å². The van der Waals surface area contributed by atoms with E-state index in [1.165, 1.54) is 0 Å². The largest absolute Gasteiger partial charge is 0.389 e. The minimum Gasteiger partial charge on any atom is -0.389 e. The van der Waals surface area contributed by atoms with Crippen molar-refractivity contribution in [3.8, 4) is 0 Å². The average molecular weight is 144 g/mol. The highest BCUT2D eigenvalue weighted by Crippen LogP contribution is 2.03.